The molecule has 2 amide bonds. The molecule has 2 N–H and O–H groups in total. The van der Waals surface area contributed by atoms with Gasteiger partial charge in [0, 0.05) is 36.1 Å². The summed E-state index contributed by atoms with van der Waals surface area (Å²) in [6, 6.07) is 13.4. The van der Waals surface area contributed by atoms with E-state index in [-0.39, 0.29) is 17.4 Å². The van der Waals surface area contributed by atoms with E-state index in [1.807, 2.05) is 24.3 Å². The minimum atomic E-state index is -0.456. The van der Waals surface area contributed by atoms with E-state index in [1.165, 1.54) is 19.1 Å². The molecule has 166 valence electrons. The Morgan fingerprint density at radius 2 is 1.88 bits per heavy atom. The second-order valence-corrected chi connectivity index (χ2v) is 8.14. The number of likely N-dealkylation sites (tertiary alicyclic amines) is 1. The molecular formula is C25H22FN5O2. The van der Waals surface area contributed by atoms with Gasteiger partial charge in [0.05, 0.1) is 11.1 Å². The first-order chi connectivity index (χ1) is 16.0. The molecule has 0 aliphatic carbocycles. The first-order valence-electron chi connectivity index (χ1n) is 10.8. The van der Waals surface area contributed by atoms with Crippen LogP contribution >= 0.6 is 0 Å². The molecule has 33 heavy (non-hydrogen) atoms. The standard InChI is InChI=1S/C25H22FN5O2/c1-15(32)16-5-4-6-17(11-16)18-12-22-24(27-14-18)30-23(29-22)20-13-19(7-8-21(20)26)28-25(33)31-9-2-3-10-31/h4-8,11-14H,2-3,9-10H2,1H3,(H,28,33)(H,27,29,30). The van der Waals surface area contributed by atoms with Crippen molar-refractivity contribution < 1.29 is 14.0 Å². The van der Waals surface area contributed by atoms with Crippen molar-refractivity contribution in [3.05, 3.63) is 66.1 Å². The van der Waals surface area contributed by atoms with E-state index in [4.69, 9.17) is 0 Å². The number of aromatic nitrogens is 3. The predicted molar refractivity (Wildman–Crippen MR) is 125 cm³/mol. The first-order valence-corrected chi connectivity index (χ1v) is 10.8. The molecule has 4 aromatic rings. The van der Waals surface area contributed by atoms with Crippen LogP contribution in [0.1, 0.15) is 30.1 Å². The van der Waals surface area contributed by atoms with Gasteiger partial charge >= 0.3 is 6.03 Å². The van der Waals surface area contributed by atoms with E-state index in [2.05, 4.69) is 20.3 Å². The average Bonchev–Trinajstić information content (AvgIpc) is 3.50. The summed E-state index contributed by atoms with van der Waals surface area (Å²) in [6.07, 6.45) is 3.67. The smallest absolute Gasteiger partial charge is 0.321 e. The third-order valence-electron chi connectivity index (χ3n) is 5.81. The number of ketones is 1. The number of rotatable bonds is 4. The number of amides is 2. The highest BCUT2D eigenvalue weighted by Crippen LogP contribution is 2.28. The van der Waals surface area contributed by atoms with Crippen LogP contribution in [0.4, 0.5) is 14.9 Å². The Bertz CT molecular complexity index is 1370. The summed E-state index contributed by atoms with van der Waals surface area (Å²) in [4.78, 5) is 37.8. The topological polar surface area (TPSA) is 91.0 Å². The maximum Gasteiger partial charge on any atom is 0.321 e. The minimum absolute atomic E-state index is 0.0121. The third kappa shape index (κ3) is 4.19. The van der Waals surface area contributed by atoms with Crippen LogP contribution < -0.4 is 5.32 Å². The van der Waals surface area contributed by atoms with E-state index in [9.17, 15) is 14.0 Å². The van der Waals surface area contributed by atoms with Gasteiger partial charge in [-0.15, -0.1) is 0 Å². The molecule has 0 bridgehead atoms. The number of nitrogens with zero attached hydrogens (tertiary/aromatic N) is 3. The number of carbonyl (C=O) groups excluding carboxylic acids is 2. The van der Waals surface area contributed by atoms with E-state index in [1.54, 1.807) is 23.2 Å². The van der Waals surface area contributed by atoms with Crippen molar-refractivity contribution in [1.29, 1.82) is 0 Å². The number of hydrogen-bond acceptors (Lipinski definition) is 4. The Kier molecular flexibility index (Phi) is 5.34. The fraction of sp³-hybridized carbons (Fsp3) is 0.200. The average molecular weight is 443 g/mol. The van der Waals surface area contributed by atoms with Gasteiger partial charge < -0.3 is 15.2 Å². The van der Waals surface area contributed by atoms with Gasteiger partial charge in [0.15, 0.2) is 11.4 Å². The van der Waals surface area contributed by atoms with Crippen LogP contribution in [0.2, 0.25) is 0 Å². The lowest BCUT2D eigenvalue weighted by molar-refractivity contribution is 0.101. The Labute approximate surface area is 189 Å². The van der Waals surface area contributed by atoms with Crippen LogP contribution in [0, 0.1) is 5.82 Å². The van der Waals surface area contributed by atoms with Crippen LogP contribution in [0.5, 0.6) is 0 Å². The quantitative estimate of drug-likeness (QED) is 0.421. The normalized spacial score (nSPS) is 13.5. The van der Waals surface area contributed by atoms with Crippen molar-refractivity contribution >= 4 is 28.7 Å². The number of fused-ring (bicyclic) bond motifs is 1. The van der Waals surface area contributed by atoms with Gasteiger partial charge in [0.25, 0.3) is 0 Å². The number of aromatic amines is 1. The number of hydrogen-bond donors (Lipinski definition) is 2. The highest BCUT2D eigenvalue weighted by Gasteiger charge is 2.19. The first kappa shape index (κ1) is 20.8. The van der Waals surface area contributed by atoms with E-state index in [0.29, 0.717) is 28.2 Å². The highest BCUT2D eigenvalue weighted by atomic mass is 19.1. The van der Waals surface area contributed by atoms with Gasteiger partial charge in [-0.1, -0.05) is 18.2 Å². The zero-order valence-electron chi connectivity index (χ0n) is 18.1. The second kappa shape index (κ2) is 8.46. The van der Waals surface area contributed by atoms with Crippen molar-refractivity contribution in [3.63, 3.8) is 0 Å². The van der Waals surface area contributed by atoms with Crippen molar-refractivity contribution in [2.75, 3.05) is 18.4 Å². The fourth-order valence-corrected chi connectivity index (χ4v) is 4.01. The van der Waals surface area contributed by atoms with Gasteiger partial charge in [0.1, 0.15) is 11.6 Å². The Hall–Kier alpha value is -4.07. The molecule has 5 rings (SSSR count). The number of benzene rings is 2. The van der Waals surface area contributed by atoms with E-state index < -0.39 is 5.82 Å². The predicted octanol–water partition coefficient (Wildman–Crippen LogP) is 5.26. The molecule has 1 aliphatic rings. The van der Waals surface area contributed by atoms with Crippen molar-refractivity contribution in [1.82, 2.24) is 19.9 Å². The lowest BCUT2D eigenvalue weighted by Gasteiger charge is -2.16. The molecular weight excluding hydrogens is 421 g/mol. The van der Waals surface area contributed by atoms with Crippen LogP contribution in [0.3, 0.4) is 0 Å². The lowest BCUT2D eigenvalue weighted by atomic mass is 10.0. The molecule has 1 saturated heterocycles. The molecule has 0 radical (unpaired) electrons. The third-order valence-corrected chi connectivity index (χ3v) is 5.81. The minimum Gasteiger partial charge on any atom is -0.336 e. The monoisotopic (exact) mass is 443 g/mol. The molecule has 2 aromatic heterocycles. The van der Waals surface area contributed by atoms with Gasteiger partial charge in [0.2, 0.25) is 0 Å². The number of halogens is 1. The molecule has 2 aromatic carbocycles. The molecule has 8 heteroatoms. The molecule has 3 heterocycles. The number of H-pyrrole nitrogens is 1. The largest absolute Gasteiger partial charge is 0.336 e. The summed E-state index contributed by atoms with van der Waals surface area (Å²) in [5.41, 5.74) is 4.11. The number of imidazole rings is 1. The van der Waals surface area contributed by atoms with Gasteiger partial charge in [-0.3, -0.25) is 4.79 Å². The SMILES string of the molecule is CC(=O)c1cccc(-c2cnc3nc(-c4cc(NC(=O)N5CCCC5)ccc4F)[nH]c3c2)c1. The van der Waals surface area contributed by atoms with Crippen LogP contribution in [-0.2, 0) is 0 Å². The number of urea groups is 1. The summed E-state index contributed by atoms with van der Waals surface area (Å²) < 4.78 is 14.7. The molecule has 0 unspecified atom stereocenters. The number of carbonyl (C=O) groups is 2. The molecule has 1 aliphatic heterocycles. The van der Waals surface area contributed by atoms with Crippen LogP contribution in [0.25, 0.3) is 33.7 Å². The molecule has 0 spiro atoms. The second-order valence-electron chi connectivity index (χ2n) is 8.14. The molecule has 0 atom stereocenters. The van der Waals surface area contributed by atoms with E-state index in [0.717, 1.165) is 37.1 Å². The number of Topliss-reactive ketones (excluding diaryl/α,β-unsaturated/α-hetero) is 1. The number of pyridine rings is 1. The maximum absolute atomic E-state index is 14.7. The zero-order valence-corrected chi connectivity index (χ0v) is 18.1. The number of anilines is 1. The molecule has 0 saturated carbocycles. The van der Waals surface area contributed by atoms with Crippen LogP contribution in [-0.4, -0.2) is 44.8 Å². The zero-order chi connectivity index (χ0) is 22.9. The van der Waals surface area contributed by atoms with Crippen molar-refractivity contribution in [2.24, 2.45) is 0 Å². The summed E-state index contributed by atoms with van der Waals surface area (Å²) >= 11 is 0. The summed E-state index contributed by atoms with van der Waals surface area (Å²) in [7, 11) is 0. The maximum atomic E-state index is 14.7. The van der Waals surface area contributed by atoms with E-state index >= 15 is 0 Å². The Balaban J connectivity index is 1.46. The Morgan fingerprint density at radius 1 is 1.06 bits per heavy atom. The van der Waals surface area contributed by atoms with Crippen molar-refractivity contribution in [3.8, 4) is 22.5 Å². The lowest BCUT2D eigenvalue weighted by Crippen LogP contribution is -2.32. The van der Waals surface area contributed by atoms with Gasteiger partial charge in [-0.05, 0) is 55.7 Å². The van der Waals surface area contributed by atoms with Crippen LogP contribution in [0.15, 0.2) is 54.7 Å². The summed E-state index contributed by atoms with van der Waals surface area (Å²) in [5, 5.41) is 2.84. The van der Waals surface area contributed by atoms with Crippen molar-refractivity contribution in [2.45, 2.75) is 19.8 Å². The summed E-state index contributed by atoms with van der Waals surface area (Å²) in [5.74, 6) is -0.147. The highest BCUT2D eigenvalue weighted by molar-refractivity contribution is 5.95. The number of nitrogens with one attached hydrogen (secondary N) is 2. The van der Waals surface area contributed by atoms with Gasteiger partial charge in [-0.2, -0.15) is 0 Å². The molecule has 7 nitrogen and oxygen atoms in total. The van der Waals surface area contributed by atoms with Gasteiger partial charge in [-0.25, -0.2) is 19.2 Å². The Morgan fingerprint density at radius 3 is 2.67 bits per heavy atom. The fourth-order valence-electron chi connectivity index (χ4n) is 4.01. The summed E-state index contributed by atoms with van der Waals surface area (Å²) in [6.45, 7) is 2.98. The molecule has 1 fully saturated rings.